The lowest BCUT2D eigenvalue weighted by molar-refractivity contribution is 0.280. The number of nitrogens with two attached hydrogens (primary N) is 1. The van der Waals surface area contributed by atoms with Gasteiger partial charge in [0.1, 0.15) is 0 Å². The summed E-state index contributed by atoms with van der Waals surface area (Å²) >= 11 is 11.7. The van der Waals surface area contributed by atoms with Crippen LogP contribution in [0.3, 0.4) is 0 Å². The maximum Gasteiger partial charge on any atom is 0.0612 e. The molecular weight excluding hydrogens is 231 g/mol. The highest BCUT2D eigenvalue weighted by molar-refractivity contribution is 6.42. The van der Waals surface area contributed by atoms with E-state index in [2.05, 4.69) is 5.32 Å². The fourth-order valence-electron chi connectivity index (χ4n) is 1.82. The fraction of sp³-hybridized carbons (Fsp3) is 0.455. The van der Waals surface area contributed by atoms with Gasteiger partial charge in [0, 0.05) is 18.3 Å². The molecule has 1 saturated carbocycles. The zero-order valence-corrected chi connectivity index (χ0v) is 9.85. The highest BCUT2D eigenvalue weighted by Crippen LogP contribution is 2.28. The Hall–Kier alpha value is -0.440. The third kappa shape index (κ3) is 2.77. The second kappa shape index (κ2) is 4.60. The summed E-state index contributed by atoms with van der Waals surface area (Å²) in [5.74, 6) is 0.703. The Morgan fingerprint density at radius 3 is 2.60 bits per heavy atom. The van der Waals surface area contributed by atoms with Gasteiger partial charge in [-0.05, 0) is 37.0 Å². The van der Waals surface area contributed by atoms with Gasteiger partial charge >= 0.3 is 0 Å². The molecule has 0 amide bonds. The molecule has 82 valence electrons. The van der Waals surface area contributed by atoms with Crippen LogP contribution >= 0.6 is 23.2 Å². The third-order valence-corrected chi connectivity index (χ3v) is 3.53. The van der Waals surface area contributed by atoms with E-state index in [1.54, 1.807) is 6.07 Å². The second-order valence-corrected chi connectivity index (χ2v) is 4.92. The molecule has 1 aromatic rings. The average molecular weight is 245 g/mol. The molecule has 0 unspecified atom stereocenters. The van der Waals surface area contributed by atoms with Gasteiger partial charge in [-0.25, -0.2) is 0 Å². The summed E-state index contributed by atoms with van der Waals surface area (Å²) in [7, 11) is 0. The minimum atomic E-state index is 0.408. The molecule has 0 aromatic heterocycles. The van der Waals surface area contributed by atoms with E-state index < -0.39 is 0 Å². The lowest BCUT2D eigenvalue weighted by atomic mass is 9.81. The Balaban J connectivity index is 1.86. The van der Waals surface area contributed by atoms with E-state index in [0.29, 0.717) is 22.0 Å². The van der Waals surface area contributed by atoms with Crippen molar-refractivity contribution in [2.24, 2.45) is 11.7 Å². The van der Waals surface area contributed by atoms with E-state index in [4.69, 9.17) is 28.9 Å². The van der Waals surface area contributed by atoms with Gasteiger partial charge in [-0.1, -0.05) is 23.2 Å². The van der Waals surface area contributed by atoms with E-state index in [-0.39, 0.29) is 0 Å². The molecule has 3 N–H and O–H groups in total. The fourth-order valence-corrected chi connectivity index (χ4v) is 2.12. The van der Waals surface area contributed by atoms with Gasteiger partial charge in [-0.15, -0.1) is 0 Å². The first-order valence-electron chi connectivity index (χ1n) is 5.09. The van der Waals surface area contributed by atoms with Crippen LogP contribution in [0.25, 0.3) is 0 Å². The monoisotopic (exact) mass is 244 g/mol. The summed E-state index contributed by atoms with van der Waals surface area (Å²) in [4.78, 5) is 0. The molecule has 1 aliphatic rings. The van der Waals surface area contributed by atoms with Crippen molar-refractivity contribution in [2.45, 2.75) is 18.9 Å². The molecule has 2 nitrogen and oxygen atoms in total. The molecule has 2 rings (SSSR count). The summed E-state index contributed by atoms with van der Waals surface area (Å²) in [6.45, 7) is 0.964. The van der Waals surface area contributed by atoms with Crippen LogP contribution in [0.15, 0.2) is 18.2 Å². The van der Waals surface area contributed by atoms with E-state index in [1.165, 1.54) is 0 Å². The van der Waals surface area contributed by atoms with Crippen molar-refractivity contribution in [3.63, 3.8) is 0 Å². The van der Waals surface area contributed by atoms with Crippen LogP contribution in [-0.2, 0) is 0 Å². The molecule has 0 aliphatic heterocycles. The highest BCUT2D eigenvalue weighted by Gasteiger charge is 2.25. The number of halogens is 2. The molecule has 15 heavy (non-hydrogen) atoms. The molecule has 0 spiro atoms. The first-order chi connectivity index (χ1) is 7.15. The second-order valence-electron chi connectivity index (χ2n) is 4.11. The summed E-state index contributed by atoms with van der Waals surface area (Å²) in [6, 6.07) is 6.00. The number of benzene rings is 1. The van der Waals surface area contributed by atoms with E-state index in [0.717, 1.165) is 25.1 Å². The van der Waals surface area contributed by atoms with Crippen LogP contribution in [0, 0.1) is 5.92 Å². The van der Waals surface area contributed by atoms with Gasteiger partial charge < -0.3 is 11.1 Å². The third-order valence-electron chi connectivity index (χ3n) is 2.79. The van der Waals surface area contributed by atoms with Crippen LogP contribution in [0.1, 0.15) is 12.8 Å². The zero-order valence-electron chi connectivity index (χ0n) is 8.34. The van der Waals surface area contributed by atoms with Crippen LogP contribution in [0.4, 0.5) is 5.69 Å². The molecule has 1 aromatic carbocycles. The average Bonchev–Trinajstić information content (AvgIpc) is 2.16. The smallest absolute Gasteiger partial charge is 0.0612 e. The number of nitrogens with one attached hydrogen (secondary N) is 1. The number of hydrogen-bond donors (Lipinski definition) is 2. The van der Waals surface area contributed by atoms with Crippen molar-refractivity contribution in [3.05, 3.63) is 28.2 Å². The van der Waals surface area contributed by atoms with Gasteiger partial charge in [0.2, 0.25) is 0 Å². The Kier molecular flexibility index (Phi) is 3.39. The first-order valence-corrected chi connectivity index (χ1v) is 5.85. The molecular formula is C11H14Cl2N2. The van der Waals surface area contributed by atoms with Crippen LogP contribution < -0.4 is 11.1 Å². The predicted octanol–water partition coefficient (Wildman–Crippen LogP) is 3.14. The molecule has 1 aliphatic carbocycles. The van der Waals surface area contributed by atoms with Crippen molar-refractivity contribution in [1.29, 1.82) is 0 Å². The minimum absolute atomic E-state index is 0.408. The van der Waals surface area contributed by atoms with E-state index in [1.807, 2.05) is 12.1 Å². The lowest BCUT2D eigenvalue weighted by Crippen LogP contribution is -2.39. The largest absolute Gasteiger partial charge is 0.385 e. The summed E-state index contributed by atoms with van der Waals surface area (Å²) < 4.78 is 0. The standard InChI is InChI=1S/C11H14Cl2N2/c12-10-2-1-9(5-11(10)13)15-6-7-3-8(14)4-7/h1-2,5,7-8,15H,3-4,6,14H2. The van der Waals surface area contributed by atoms with E-state index >= 15 is 0 Å². The normalized spacial score (nSPS) is 24.7. The van der Waals surface area contributed by atoms with Crippen LogP contribution in [0.5, 0.6) is 0 Å². The first kappa shape index (κ1) is 11.1. The Labute approximate surface area is 99.7 Å². The summed E-state index contributed by atoms with van der Waals surface area (Å²) in [5.41, 5.74) is 6.73. The molecule has 4 heteroatoms. The number of anilines is 1. The van der Waals surface area contributed by atoms with Crippen molar-refractivity contribution in [2.75, 3.05) is 11.9 Å². The van der Waals surface area contributed by atoms with Gasteiger partial charge in [0.15, 0.2) is 0 Å². The van der Waals surface area contributed by atoms with Gasteiger partial charge in [-0.3, -0.25) is 0 Å². The van der Waals surface area contributed by atoms with Crippen molar-refractivity contribution >= 4 is 28.9 Å². The van der Waals surface area contributed by atoms with Crippen molar-refractivity contribution in [3.8, 4) is 0 Å². The molecule has 0 radical (unpaired) electrons. The maximum absolute atomic E-state index is 5.91. The number of rotatable bonds is 3. The van der Waals surface area contributed by atoms with Crippen LogP contribution in [-0.4, -0.2) is 12.6 Å². The number of hydrogen-bond acceptors (Lipinski definition) is 2. The molecule has 1 fully saturated rings. The van der Waals surface area contributed by atoms with Crippen molar-refractivity contribution < 1.29 is 0 Å². The predicted molar refractivity (Wildman–Crippen MR) is 65.7 cm³/mol. The molecule has 0 bridgehead atoms. The van der Waals surface area contributed by atoms with Gasteiger partial charge in [0.25, 0.3) is 0 Å². The minimum Gasteiger partial charge on any atom is -0.385 e. The Morgan fingerprint density at radius 2 is 2.00 bits per heavy atom. The molecule has 0 heterocycles. The SMILES string of the molecule is NC1CC(CNc2ccc(Cl)c(Cl)c2)C1. The Morgan fingerprint density at radius 1 is 1.27 bits per heavy atom. The van der Waals surface area contributed by atoms with Gasteiger partial charge in [0.05, 0.1) is 10.0 Å². The highest BCUT2D eigenvalue weighted by atomic mass is 35.5. The van der Waals surface area contributed by atoms with E-state index in [9.17, 15) is 0 Å². The lowest BCUT2D eigenvalue weighted by Gasteiger charge is -2.32. The van der Waals surface area contributed by atoms with Gasteiger partial charge in [-0.2, -0.15) is 0 Å². The summed E-state index contributed by atoms with van der Waals surface area (Å²) in [6.07, 6.45) is 2.24. The summed E-state index contributed by atoms with van der Waals surface area (Å²) in [5, 5.41) is 4.52. The van der Waals surface area contributed by atoms with Crippen molar-refractivity contribution in [1.82, 2.24) is 0 Å². The van der Waals surface area contributed by atoms with Crippen LogP contribution in [0.2, 0.25) is 10.0 Å². The molecule has 0 saturated heterocycles. The quantitative estimate of drug-likeness (QED) is 0.858. The molecule has 0 atom stereocenters. The zero-order chi connectivity index (χ0) is 10.8. The topological polar surface area (TPSA) is 38.0 Å². The Bertz CT molecular complexity index is 348. The maximum atomic E-state index is 5.91.